The van der Waals surface area contributed by atoms with Crippen molar-refractivity contribution in [1.82, 2.24) is 25.0 Å². The number of pyridine rings is 1. The van der Waals surface area contributed by atoms with Crippen LogP contribution in [0.4, 0.5) is 17.5 Å². The Balaban J connectivity index is 1.78. The fourth-order valence-corrected chi connectivity index (χ4v) is 3.52. The van der Waals surface area contributed by atoms with Gasteiger partial charge in [0.25, 0.3) is 0 Å². The van der Waals surface area contributed by atoms with Crippen molar-refractivity contribution in [2.45, 2.75) is 26.8 Å². The number of ether oxygens (including phenoxy) is 1. The molecule has 4 rings (SSSR count). The highest BCUT2D eigenvalue weighted by molar-refractivity contribution is 5.72. The van der Waals surface area contributed by atoms with E-state index in [1.165, 1.54) is 0 Å². The highest BCUT2D eigenvalue weighted by Crippen LogP contribution is 2.30. The van der Waals surface area contributed by atoms with Crippen LogP contribution in [0.25, 0.3) is 11.3 Å². The molecular weight excluding hydrogens is 342 g/mol. The standard InChI is InChI=1S/C19H25N7O/c1-12-10-20-25(4)19(12)15-8-16(21-17-7-13(2)23-24-17)22-18(9-15)26-5-6-27-11-14(26)3/h7-10,14H,5-6,11H2,1-4H3,(H2,21,22,23,24). The molecule has 0 saturated carbocycles. The Morgan fingerprint density at radius 1 is 1.26 bits per heavy atom. The van der Waals surface area contributed by atoms with Crippen molar-refractivity contribution in [2.75, 3.05) is 30.0 Å². The van der Waals surface area contributed by atoms with Crippen molar-refractivity contribution >= 4 is 17.5 Å². The number of aryl methyl sites for hydroxylation is 3. The Kier molecular flexibility index (Phi) is 4.57. The van der Waals surface area contributed by atoms with Gasteiger partial charge in [0, 0.05) is 25.2 Å². The first-order chi connectivity index (χ1) is 13.0. The van der Waals surface area contributed by atoms with Crippen molar-refractivity contribution in [1.29, 1.82) is 0 Å². The van der Waals surface area contributed by atoms with Crippen molar-refractivity contribution in [3.05, 3.63) is 35.7 Å². The van der Waals surface area contributed by atoms with Crippen LogP contribution >= 0.6 is 0 Å². The number of hydrogen-bond acceptors (Lipinski definition) is 6. The van der Waals surface area contributed by atoms with Crippen LogP contribution in [0.15, 0.2) is 24.4 Å². The smallest absolute Gasteiger partial charge is 0.134 e. The fourth-order valence-electron chi connectivity index (χ4n) is 3.52. The zero-order valence-corrected chi connectivity index (χ0v) is 16.2. The maximum atomic E-state index is 5.59. The van der Waals surface area contributed by atoms with Crippen molar-refractivity contribution < 1.29 is 4.74 Å². The quantitative estimate of drug-likeness (QED) is 0.738. The summed E-state index contributed by atoms with van der Waals surface area (Å²) in [5.41, 5.74) is 4.23. The minimum atomic E-state index is 0.274. The number of nitrogens with one attached hydrogen (secondary N) is 2. The molecule has 142 valence electrons. The molecule has 2 N–H and O–H groups in total. The number of aromatic nitrogens is 5. The zero-order valence-electron chi connectivity index (χ0n) is 16.2. The minimum absolute atomic E-state index is 0.274. The van der Waals surface area contributed by atoms with Gasteiger partial charge in [-0.05, 0) is 38.5 Å². The highest BCUT2D eigenvalue weighted by atomic mass is 16.5. The first kappa shape index (κ1) is 17.5. The maximum Gasteiger partial charge on any atom is 0.134 e. The van der Waals surface area contributed by atoms with E-state index in [1.807, 2.05) is 30.9 Å². The van der Waals surface area contributed by atoms with Crippen molar-refractivity contribution in [3.63, 3.8) is 0 Å². The molecule has 3 aromatic rings. The van der Waals surface area contributed by atoms with Gasteiger partial charge in [0.05, 0.1) is 36.8 Å². The second-order valence-electron chi connectivity index (χ2n) is 7.06. The lowest BCUT2D eigenvalue weighted by Crippen LogP contribution is -2.44. The summed E-state index contributed by atoms with van der Waals surface area (Å²) in [6, 6.07) is 6.42. The SMILES string of the molecule is Cc1cc(Nc2cc(-c3c(C)cnn3C)cc(N3CCOCC3C)n2)[nH]n1. The Morgan fingerprint density at radius 3 is 2.78 bits per heavy atom. The van der Waals surface area contributed by atoms with Crippen LogP contribution in [0.2, 0.25) is 0 Å². The van der Waals surface area contributed by atoms with Gasteiger partial charge in [-0.3, -0.25) is 9.78 Å². The molecule has 1 unspecified atom stereocenters. The van der Waals surface area contributed by atoms with E-state index in [9.17, 15) is 0 Å². The molecular formula is C19H25N7O. The lowest BCUT2D eigenvalue weighted by molar-refractivity contribution is 0.0985. The third-order valence-electron chi connectivity index (χ3n) is 4.84. The van der Waals surface area contributed by atoms with Crippen LogP contribution in [-0.4, -0.2) is 50.8 Å². The third-order valence-corrected chi connectivity index (χ3v) is 4.84. The van der Waals surface area contributed by atoms with Crippen LogP contribution in [0.3, 0.4) is 0 Å². The second-order valence-corrected chi connectivity index (χ2v) is 7.06. The molecule has 0 aliphatic carbocycles. The van der Waals surface area contributed by atoms with Crippen molar-refractivity contribution in [2.24, 2.45) is 7.05 Å². The summed E-state index contributed by atoms with van der Waals surface area (Å²) < 4.78 is 7.49. The molecule has 0 radical (unpaired) electrons. The summed E-state index contributed by atoms with van der Waals surface area (Å²) in [7, 11) is 1.96. The molecule has 27 heavy (non-hydrogen) atoms. The van der Waals surface area contributed by atoms with Crippen LogP contribution in [0.5, 0.6) is 0 Å². The minimum Gasteiger partial charge on any atom is -0.377 e. The summed E-state index contributed by atoms with van der Waals surface area (Å²) in [6.07, 6.45) is 1.89. The van der Waals surface area contributed by atoms with Crippen LogP contribution in [-0.2, 0) is 11.8 Å². The van der Waals surface area contributed by atoms with Crippen LogP contribution in [0, 0.1) is 13.8 Å². The van der Waals surface area contributed by atoms with Gasteiger partial charge in [-0.15, -0.1) is 0 Å². The van der Waals surface area contributed by atoms with Gasteiger partial charge in [0.15, 0.2) is 0 Å². The summed E-state index contributed by atoms with van der Waals surface area (Å²) in [5.74, 6) is 2.52. The first-order valence-electron chi connectivity index (χ1n) is 9.16. The van der Waals surface area contributed by atoms with E-state index >= 15 is 0 Å². The topological polar surface area (TPSA) is 83.9 Å². The zero-order chi connectivity index (χ0) is 19.0. The van der Waals surface area contributed by atoms with Crippen LogP contribution < -0.4 is 10.2 Å². The van der Waals surface area contributed by atoms with Crippen LogP contribution in [0.1, 0.15) is 18.2 Å². The number of H-pyrrole nitrogens is 1. The molecule has 1 atom stereocenters. The van der Waals surface area contributed by atoms with E-state index in [1.54, 1.807) is 0 Å². The fraction of sp³-hybridized carbons (Fsp3) is 0.421. The molecule has 3 aromatic heterocycles. The molecule has 1 saturated heterocycles. The van der Waals surface area contributed by atoms with E-state index < -0.39 is 0 Å². The number of rotatable bonds is 4. The predicted octanol–water partition coefficient (Wildman–Crippen LogP) is 2.79. The van der Waals surface area contributed by atoms with E-state index in [-0.39, 0.29) is 6.04 Å². The molecule has 1 aliphatic rings. The molecule has 0 bridgehead atoms. The third kappa shape index (κ3) is 3.52. The Morgan fingerprint density at radius 2 is 2.11 bits per heavy atom. The molecule has 0 aromatic carbocycles. The van der Waals surface area contributed by atoms with Crippen molar-refractivity contribution in [3.8, 4) is 11.3 Å². The Hall–Kier alpha value is -2.87. The van der Waals surface area contributed by atoms with E-state index in [0.29, 0.717) is 13.2 Å². The lowest BCUT2D eigenvalue weighted by atomic mass is 10.1. The average molecular weight is 367 g/mol. The van der Waals surface area contributed by atoms with Gasteiger partial charge in [0.2, 0.25) is 0 Å². The summed E-state index contributed by atoms with van der Waals surface area (Å²) in [6.45, 7) is 8.43. The maximum absolute atomic E-state index is 5.59. The van der Waals surface area contributed by atoms with Gasteiger partial charge in [-0.1, -0.05) is 0 Å². The normalized spacial score (nSPS) is 17.3. The number of hydrogen-bond donors (Lipinski definition) is 2. The second kappa shape index (κ2) is 7.03. The summed E-state index contributed by atoms with van der Waals surface area (Å²) in [5, 5.41) is 14.9. The highest BCUT2D eigenvalue weighted by Gasteiger charge is 2.22. The average Bonchev–Trinajstić information content (AvgIpc) is 3.20. The monoisotopic (exact) mass is 367 g/mol. The van der Waals surface area contributed by atoms with E-state index in [2.05, 4.69) is 51.5 Å². The molecule has 1 fully saturated rings. The summed E-state index contributed by atoms with van der Waals surface area (Å²) in [4.78, 5) is 7.16. The molecule has 1 aliphatic heterocycles. The number of aromatic amines is 1. The Bertz CT molecular complexity index is 926. The number of morpholine rings is 1. The lowest BCUT2D eigenvalue weighted by Gasteiger charge is -2.34. The predicted molar refractivity (Wildman–Crippen MR) is 105 cm³/mol. The molecule has 0 amide bonds. The largest absolute Gasteiger partial charge is 0.377 e. The number of anilines is 3. The Labute approximate surface area is 158 Å². The van der Waals surface area contributed by atoms with E-state index in [0.717, 1.165) is 46.5 Å². The van der Waals surface area contributed by atoms with Gasteiger partial charge in [0.1, 0.15) is 17.5 Å². The molecule has 0 spiro atoms. The molecule has 8 heteroatoms. The first-order valence-corrected chi connectivity index (χ1v) is 9.16. The molecule has 8 nitrogen and oxygen atoms in total. The van der Waals surface area contributed by atoms with E-state index in [4.69, 9.17) is 9.72 Å². The van der Waals surface area contributed by atoms with Gasteiger partial charge < -0.3 is 15.0 Å². The number of nitrogens with zero attached hydrogens (tertiary/aromatic N) is 5. The molecule has 4 heterocycles. The van der Waals surface area contributed by atoms with Gasteiger partial charge in [-0.2, -0.15) is 10.2 Å². The van der Waals surface area contributed by atoms with Gasteiger partial charge >= 0.3 is 0 Å². The summed E-state index contributed by atoms with van der Waals surface area (Å²) >= 11 is 0. The van der Waals surface area contributed by atoms with Gasteiger partial charge in [-0.25, -0.2) is 4.98 Å².